The number of hydrogen-bond acceptors (Lipinski definition) is 4. The Balaban J connectivity index is -0.0000000873. The van der Waals surface area contributed by atoms with E-state index in [0.717, 1.165) is 0 Å². The SMILES string of the molecule is [O-]CCC(Cl)(Cl)Cl.[O-]CCC(Cl)(Cl)Cl.[O-]CCC(Cl)(Cl)Cl.[O-]CCC(Cl)(Cl)Cl.[Ti+4]. The molecule has 29 heavy (non-hydrogen) atoms. The molecule has 0 saturated heterocycles. The topological polar surface area (TPSA) is 92.2 Å². The van der Waals surface area contributed by atoms with Gasteiger partial charge in [0, 0.05) is 0 Å². The summed E-state index contributed by atoms with van der Waals surface area (Å²) in [5, 5.41) is 38.8. The van der Waals surface area contributed by atoms with E-state index in [-0.39, 0.29) is 73.8 Å². The normalized spacial score (nSPS) is 11.6. The zero-order valence-corrected chi connectivity index (χ0v) is 25.0. The van der Waals surface area contributed by atoms with Crippen LogP contribution in [0.25, 0.3) is 0 Å². The molecule has 0 heterocycles. The Kier molecular flexibility index (Phi) is 35.3. The fraction of sp³-hybridized carbons (Fsp3) is 1.00. The van der Waals surface area contributed by atoms with Gasteiger partial charge in [0.25, 0.3) is 0 Å². The average molecular weight is 698 g/mol. The van der Waals surface area contributed by atoms with Gasteiger partial charge < -0.3 is 20.4 Å². The molecule has 0 amide bonds. The molecular formula is C12H16Cl12O4Ti. The van der Waals surface area contributed by atoms with Crippen molar-refractivity contribution in [2.45, 2.75) is 40.9 Å². The molecule has 0 bridgehead atoms. The van der Waals surface area contributed by atoms with Crippen LogP contribution >= 0.6 is 139 Å². The van der Waals surface area contributed by atoms with Crippen molar-refractivity contribution in [3.05, 3.63) is 0 Å². The zero-order chi connectivity index (χ0) is 23.7. The Morgan fingerprint density at radius 3 is 0.448 bits per heavy atom. The summed E-state index contributed by atoms with van der Waals surface area (Å²) in [5.41, 5.74) is 0. The number of alkyl halides is 12. The maximum atomic E-state index is 9.69. The molecular weight excluding hydrogens is 681 g/mol. The number of hydrogen-bond donors (Lipinski definition) is 0. The van der Waals surface area contributed by atoms with Crippen molar-refractivity contribution in [1.29, 1.82) is 0 Å². The van der Waals surface area contributed by atoms with Crippen LogP contribution in [0.3, 0.4) is 0 Å². The van der Waals surface area contributed by atoms with Crippen molar-refractivity contribution in [1.82, 2.24) is 0 Å². The smallest absolute Gasteiger partial charge is 0.854 e. The summed E-state index contributed by atoms with van der Waals surface area (Å²) in [6, 6.07) is 0. The Morgan fingerprint density at radius 2 is 0.448 bits per heavy atom. The molecule has 0 spiro atoms. The molecule has 0 radical (unpaired) electrons. The third kappa shape index (κ3) is 72.0. The van der Waals surface area contributed by atoms with Gasteiger partial charge >= 0.3 is 21.7 Å². The van der Waals surface area contributed by atoms with E-state index >= 15 is 0 Å². The van der Waals surface area contributed by atoms with E-state index in [1.54, 1.807) is 0 Å². The maximum Gasteiger partial charge on any atom is 4.00 e. The van der Waals surface area contributed by atoms with Crippen LogP contribution in [0.15, 0.2) is 0 Å². The molecule has 0 fully saturated rings. The average Bonchev–Trinajstić information content (AvgIpc) is 2.34. The molecule has 0 aromatic heterocycles. The van der Waals surface area contributed by atoms with Gasteiger partial charge in [0.1, 0.15) is 0 Å². The van der Waals surface area contributed by atoms with Crippen molar-refractivity contribution < 1.29 is 42.1 Å². The third-order valence-corrected chi connectivity index (χ3v) is 3.81. The van der Waals surface area contributed by atoms with Crippen molar-refractivity contribution in [2.24, 2.45) is 0 Å². The summed E-state index contributed by atoms with van der Waals surface area (Å²) in [7, 11) is 0. The minimum absolute atomic E-state index is 0. The minimum Gasteiger partial charge on any atom is -0.854 e. The number of rotatable bonds is 4. The van der Waals surface area contributed by atoms with Gasteiger partial charge in [0.05, 0.1) is 0 Å². The molecule has 0 unspecified atom stereocenters. The molecule has 0 aliphatic heterocycles. The van der Waals surface area contributed by atoms with Crippen LogP contribution in [0.1, 0.15) is 25.7 Å². The molecule has 0 rings (SSSR count). The predicted molar refractivity (Wildman–Crippen MR) is 119 cm³/mol. The molecule has 0 aliphatic carbocycles. The van der Waals surface area contributed by atoms with Crippen LogP contribution in [0.5, 0.6) is 0 Å². The van der Waals surface area contributed by atoms with E-state index in [1.807, 2.05) is 0 Å². The van der Waals surface area contributed by atoms with Crippen LogP contribution in [-0.2, 0) is 21.7 Å². The van der Waals surface area contributed by atoms with E-state index in [0.29, 0.717) is 0 Å². The fourth-order valence-corrected chi connectivity index (χ4v) is 1.39. The molecule has 0 saturated carbocycles. The molecule has 0 aromatic carbocycles. The van der Waals surface area contributed by atoms with E-state index in [9.17, 15) is 20.4 Å². The van der Waals surface area contributed by atoms with Crippen LogP contribution in [0.2, 0.25) is 0 Å². The van der Waals surface area contributed by atoms with Crippen LogP contribution in [0, 0.1) is 0 Å². The first-order valence-electron chi connectivity index (χ1n) is 6.84. The Hall–Kier alpha value is 4.03. The molecule has 4 nitrogen and oxygen atoms in total. The second-order valence-electron chi connectivity index (χ2n) is 4.28. The molecule has 176 valence electrons. The second kappa shape index (κ2) is 23.8. The van der Waals surface area contributed by atoms with E-state index < -0.39 is 15.2 Å². The summed E-state index contributed by atoms with van der Waals surface area (Å²) < 4.78 is -5.38. The predicted octanol–water partition coefficient (Wildman–Crippen LogP) is 4.43. The quantitative estimate of drug-likeness (QED) is 0.322. The van der Waals surface area contributed by atoms with Gasteiger partial charge in [0.2, 0.25) is 0 Å². The van der Waals surface area contributed by atoms with Crippen LogP contribution in [-0.4, -0.2) is 41.6 Å². The summed E-state index contributed by atoms with van der Waals surface area (Å²) in [6.07, 6.45) is 0.324. The largest absolute Gasteiger partial charge is 4.00 e. The molecule has 0 aromatic rings. The standard InChI is InChI=1S/4C3H4Cl3O.Ti/c4*4-3(5,6)1-2-7;/h4*1-2H2;/q4*-1;+4. The van der Waals surface area contributed by atoms with Crippen molar-refractivity contribution in [3.63, 3.8) is 0 Å². The van der Waals surface area contributed by atoms with Crippen LogP contribution in [0.4, 0.5) is 0 Å². The number of halogens is 12. The summed E-state index contributed by atoms with van der Waals surface area (Å²) >= 11 is 62.0. The van der Waals surface area contributed by atoms with E-state index in [4.69, 9.17) is 139 Å². The molecule has 17 heteroatoms. The first-order valence-corrected chi connectivity index (χ1v) is 11.4. The Bertz CT molecular complexity index is 265. The van der Waals surface area contributed by atoms with Gasteiger partial charge in [-0.3, -0.25) is 0 Å². The van der Waals surface area contributed by atoms with Gasteiger partial charge in [-0.2, -0.15) is 0 Å². The van der Waals surface area contributed by atoms with Crippen molar-refractivity contribution in [2.75, 3.05) is 26.4 Å². The van der Waals surface area contributed by atoms with Gasteiger partial charge in [-0.05, 0) is 25.7 Å². The molecule has 0 atom stereocenters. The molecule has 0 N–H and O–H groups in total. The minimum atomic E-state index is -1.35. The van der Waals surface area contributed by atoms with Gasteiger partial charge in [-0.1, -0.05) is 139 Å². The third-order valence-electron chi connectivity index (χ3n) is 1.54. The zero-order valence-electron chi connectivity index (χ0n) is 14.3. The Labute approximate surface area is 246 Å². The van der Waals surface area contributed by atoms with Gasteiger partial charge in [-0.25, -0.2) is 0 Å². The van der Waals surface area contributed by atoms with Crippen molar-refractivity contribution in [3.8, 4) is 0 Å². The van der Waals surface area contributed by atoms with Crippen molar-refractivity contribution >= 4 is 139 Å². The molecule has 0 aliphatic rings. The summed E-state index contributed by atoms with van der Waals surface area (Å²) in [4.78, 5) is 0. The first kappa shape index (κ1) is 43.1. The first-order chi connectivity index (χ1) is 12.2. The van der Waals surface area contributed by atoms with Gasteiger partial charge in [0.15, 0.2) is 15.2 Å². The van der Waals surface area contributed by atoms with Crippen LogP contribution < -0.4 is 20.4 Å². The Morgan fingerprint density at radius 1 is 0.345 bits per heavy atom. The maximum absolute atomic E-state index is 9.69. The summed E-state index contributed by atoms with van der Waals surface area (Å²) in [5.74, 6) is 0. The van der Waals surface area contributed by atoms with Gasteiger partial charge in [-0.15, -0.1) is 26.4 Å². The monoisotopic (exact) mass is 692 g/mol. The van der Waals surface area contributed by atoms with E-state index in [1.165, 1.54) is 0 Å². The van der Waals surface area contributed by atoms with E-state index in [2.05, 4.69) is 0 Å². The second-order valence-corrected chi connectivity index (χ2v) is 14.3. The fourth-order valence-electron chi connectivity index (χ4n) is 0.463. The summed E-state index contributed by atoms with van der Waals surface area (Å²) in [6.45, 7) is -1.35.